The standard InChI is InChI=1S/C16H23ClFN/c1-3-11-4-7-16(19-2)13(8-11)9-12-5-6-14(17)10-15(12)18/h5-6,10-11,13,16,19H,3-4,7-9H2,1-2H3. The smallest absolute Gasteiger partial charge is 0.127 e. The van der Waals surface area contributed by atoms with E-state index in [1.54, 1.807) is 6.07 Å². The minimum absolute atomic E-state index is 0.166. The van der Waals surface area contributed by atoms with Crippen molar-refractivity contribution < 1.29 is 4.39 Å². The summed E-state index contributed by atoms with van der Waals surface area (Å²) in [5.74, 6) is 1.16. The first-order valence-corrected chi connectivity index (χ1v) is 7.63. The van der Waals surface area contributed by atoms with Crippen molar-refractivity contribution in [2.45, 2.75) is 45.1 Å². The molecule has 1 saturated carbocycles. The number of rotatable bonds is 4. The number of nitrogens with one attached hydrogen (secondary N) is 1. The van der Waals surface area contributed by atoms with Crippen LogP contribution in [0.5, 0.6) is 0 Å². The molecule has 1 aliphatic carbocycles. The van der Waals surface area contributed by atoms with E-state index in [-0.39, 0.29) is 5.82 Å². The Hall–Kier alpha value is -0.600. The topological polar surface area (TPSA) is 12.0 Å². The molecular weight excluding hydrogens is 261 g/mol. The minimum Gasteiger partial charge on any atom is -0.317 e. The molecule has 2 rings (SSSR count). The highest BCUT2D eigenvalue weighted by atomic mass is 35.5. The van der Waals surface area contributed by atoms with Gasteiger partial charge in [-0.05, 0) is 62.3 Å². The summed E-state index contributed by atoms with van der Waals surface area (Å²) >= 11 is 5.81. The molecular formula is C16H23ClFN. The Morgan fingerprint density at radius 2 is 2.16 bits per heavy atom. The van der Waals surface area contributed by atoms with Crippen LogP contribution in [0.3, 0.4) is 0 Å². The maximum absolute atomic E-state index is 13.9. The Morgan fingerprint density at radius 3 is 2.79 bits per heavy atom. The molecule has 3 heteroatoms. The maximum atomic E-state index is 13.9. The fourth-order valence-electron chi connectivity index (χ4n) is 3.31. The number of hydrogen-bond donors (Lipinski definition) is 1. The van der Waals surface area contributed by atoms with Crippen LogP contribution in [0.15, 0.2) is 18.2 Å². The number of benzene rings is 1. The molecule has 1 nitrogen and oxygen atoms in total. The van der Waals surface area contributed by atoms with Gasteiger partial charge in [0.25, 0.3) is 0 Å². The van der Waals surface area contributed by atoms with Gasteiger partial charge in [0.15, 0.2) is 0 Å². The molecule has 0 spiro atoms. The second kappa shape index (κ2) is 6.71. The van der Waals surface area contributed by atoms with Crippen molar-refractivity contribution in [2.75, 3.05) is 7.05 Å². The fraction of sp³-hybridized carbons (Fsp3) is 0.625. The van der Waals surface area contributed by atoms with Crippen LogP contribution < -0.4 is 5.32 Å². The first-order valence-electron chi connectivity index (χ1n) is 7.25. The molecule has 0 aliphatic heterocycles. The van der Waals surface area contributed by atoms with Gasteiger partial charge in [-0.25, -0.2) is 4.39 Å². The molecule has 1 N–H and O–H groups in total. The third-order valence-electron chi connectivity index (χ3n) is 4.54. The Kier molecular flexibility index (Phi) is 5.23. The molecule has 1 aromatic rings. The van der Waals surface area contributed by atoms with Crippen LogP contribution in [-0.4, -0.2) is 13.1 Å². The minimum atomic E-state index is -0.166. The molecule has 0 amide bonds. The van der Waals surface area contributed by atoms with Crippen molar-refractivity contribution in [3.8, 4) is 0 Å². The number of halogens is 2. The van der Waals surface area contributed by atoms with Crippen molar-refractivity contribution in [1.82, 2.24) is 5.32 Å². The molecule has 19 heavy (non-hydrogen) atoms. The van der Waals surface area contributed by atoms with E-state index in [1.807, 2.05) is 13.1 Å². The van der Waals surface area contributed by atoms with Gasteiger partial charge in [0.05, 0.1) is 0 Å². The van der Waals surface area contributed by atoms with Gasteiger partial charge in [-0.2, -0.15) is 0 Å². The Bertz CT molecular complexity index is 421. The molecule has 1 aliphatic rings. The molecule has 1 fully saturated rings. The van der Waals surface area contributed by atoms with E-state index < -0.39 is 0 Å². The van der Waals surface area contributed by atoms with Gasteiger partial charge in [0.2, 0.25) is 0 Å². The van der Waals surface area contributed by atoms with Crippen molar-refractivity contribution in [2.24, 2.45) is 11.8 Å². The first-order chi connectivity index (χ1) is 9.13. The van der Waals surface area contributed by atoms with E-state index in [9.17, 15) is 4.39 Å². The van der Waals surface area contributed by atoms with E-state index in [0.29, 0.717) is 17.0 Å². The third kappa shape index (κ3) is 3.70. The van der Waals surface area contributed by atoms with Crippen LogP contribution in [0, 0.1) is 17.7 Å². The normalized spacial score (nSPS) is 27.5. The highest BCUT2D eigenvalue weighted by Crippen LogP contribution is 2.34. The summed E-state index contributed by atoms with van der Waals surface area (Å²) in [5.41, 5.74) is 0.798. The molecule has 3 unspecified atom stereocenters. The molecule has 0 heterocycles. The van der Waals surface area contributed by atoms with Crippen LogP contribution in [0.4, 0.5) is 4.39 Å². The van der Waals surface area contributed by atoms with Crippen LogP contribution in [0.2, 0.25) is 5.02 Å². The predicted octanol–water partition coefficient (Wildman–Crippen LogP) is 4.44. The van der Waals surface area contributed by atoms with Gasteiger partial charge in [0, 0.05) is 11.1 Å². The molecule has 1 aromatic carbocycles. The first kappa shape index (κ1) is 14.8. The van der Waals surface area contributed by atoms with Crippen LogP contribution >= 0.6 is 11.6 Å². The average molecular weight is 284 g/mol. The summed E-state index contributed by atoms with van der Waals surface area (Å²) in [5, 5.41) is 3.87. The molecule has 3 atom stereocenters. The zero-order valence-electron chi connectivity index (χ0n) is 11.8. The SMILES string of the molecule is CCC1CCC(NC)C(Cc2ccc(Cl)cc2F)C1. The van der Waals surface area contributed by atoms with E-state index in [2.05, 4.69) is 12.2 Å². The Balaban J connectivity index is 2.09. The van der Waals surface area contributed by atoms with E-state index in [0.717, 1.165) is 17.9 Å². The maximum Gasteiger partial charge on any atom is 0.127 e. The molecule has 0 bridgehead atoms. The molecule has 106 valence electrons. The summed E-state index contributed by atoms with van der Waals surface area (Å²) in [6.07, 6.45) is 5.74. The summed E-state index contributed by atoms with van der Waals surface area (Å²) in [6.45, 7) is 2.25. The van der Waals surface area contributed by atoms with Crippen molar-refractivity contribution >= 4 is 11.6 Å². The van der Waals surface area contributed by atoms with E-state index in [4.69, 9.17) is 11.6 Å². The Morgan fingerprint density at radius 1 is 1.37 bits per heavy atom. The zero-order chi connectivity index (χ0) is 13.8. The summed E-state index contributed by atoms with van der Waals surface area (Å²) < 4.78 is 13.9. The lowest BCUT2D eigenvalue weighted by Gasteiger charge is -2.36. The largest absolute Gasteiger partial charge is 0.317 e. The lowest BCUT2D eigenvalue weighted by Crippen LogP contribution is -2.39. The quantitative estimate of drug-likeness (QED) is 0.862. The van der Waals surface area contributed by atoms with Gasteiger partial charge in [0.1, 0.15) is 5.82 Å². The Labute approximate surface area is 120 Å². The molecule has 0 radical (unpaired) electrons. The van der Waals surface area contributed by atoms with Crippen molar-refractivity contribution in [3.63, 3.8) is 0 Å². The fourth-order valence-corrected chi connectivity index (χ4v) is 3.47. The predicted molar refractivity (Wildman–Crippen MR) is 79.1 cm³/mol. The van der Waals surface area contributed by atoms with Gasteiger partial charge in [-0.15, -0.1) is 0 Å². The highest BCUT2D eigenvalue weighted by Gasteiger charge is 2.29. The van der Waals surface area contributed by atoms with Gasteiger partial charge in [-0.1, -0.05) is 31.0 Å². The second-order valence-corrected chi connectivity index (χ2v) is 6.12. The van der Waals surface area contributed by atoms with Gasteiger partial charge < -0.3 is 5.32 Å². The number of hydrogen-bond acceptors (Lipinski definition) is 1. The lowest BCUT2D eigenvalue weighted by atomic mass is 9.74. The monoisotopic (exact) mass is 283 g/mol. The van der Waals surface area contributed by atoms with Crippen LogP contribution in [0.1, 0.15) is 38.2 Å². The van der Waals surface area contributed by atoms with Gasteiger partial charge in [-0.3, -0.25) is 0 Å². The summed E-state index contributed by atoms with van der Waals surface area (Å²) in [6, 6.07) is 5.55. The van der Waals surface area contributed by atoms with Crippen LogP contribution in [-0.2, 0) is 6.42 Å². The molecule has 0 aromatic heterocycles. The lowest BCUT2D eigenvalue weighted by molar-refractivity contribution is 0.204. The van der Waals surface area contributed by atoms with Crippen molar-refractivity contribution in [1.29, 1.82) is 0 Å². The van der Waals surface area contributed by atoms with Crippen LogP contribution in [0.25, 0.3) is 0 Å². The van der Waals surface area contributed by atoms with Crippen molar-refractivity contribution in [3.05, 3.63) is 34.6 Å². The third-order valence-corrected chi connectivity index (χ3v) is 4.77. The van der Waals surface area contributed by atoms with E-state index >= 15 is 0 Å². The summed E-state index contributed by atoms with van der Waals surface area (Å²) in [7, 11) is 2.02. The average Bonchev–Trinajstić information content (AvgIpc) is 2.41. The zero-order valence-corrected chi connectivity index (χ0v) is 12.5. The summed E-state index contributed by atoms with van der Waals surface area (Å²) in [4.78, 5) is 0. The molecule has 0 saturated heterocycles. The van der Waals surface area contributed by atoms with Gasteiger partial charge >= 0.3 is 0 Å². The highest BCUT2D eigenvalue weighted by molar-refractivity contribution is 6.30. The van der Waals surface area contributed by atoms with E-state index in [1.165, 1.54) is 31.7 Å². The second-order valence-electron chi connectivity index (χ2n) is 5.68.